The minimum absolute atomic E-state index is 0.566. The van der Waals surface area contributed by atoms with E-state index in [0.29, 0.717) is 11.6 Å². The highest BCUT2D eigenvalue weighted by Gasteiger charge is 2.07. The molecule has 0 aliphatic carbocycles. The lowest BCUT2D eigenvalue weighted by Crippen LogP contribution is -2.16. The third kappa shape index (κ3) is 2.14. The lowest BCUT2D eigenvalue weighted by atomic mass is 10.2. The van der Waals surface area contributed by atoms with Crippen LogP contribution in [0.15, 0.2) is 48.8 Å². The molecule has 0 atom stereocenters. The fourth-order valence-corrected chi connectivity index (χ4v) is 1.88. The maximum absolute atomic E-state index is 12.6. The summed E-state index contributed by atoms with van der Waals surface area (Å²) in [6, 6.07) is 11.7. The molecular weight excluding hydrogens is 243 g/mol. The number of benzene rings is 1. The van der Waals surface area contributed by atoms with Gasteiger partial charge in [0, 0.05) is 25.0 Å². The second-order valence-corrected chi connectivity index (χ2v) is 4.30. The highest BCUT2D eigenvalue weighted by atomic mass is 19.1. The zero-order valence-corrected chi connectivity index (χ0v) is 10.5. The molecule has 19 heavy (non-hydrogen) atoms. The molecule has 1 aromatic carbocycles. The summed E-state index contributed by atoms with van der Waals surface area (Å²) < 4.78 is 14.4. The number of imidazole rings is 1. The van der Waals surface area contributed by atoms with Gasteiger partial charge in [0.1, 0.15) is 5.82 Å². The monoisotopic (exact) mass is 256 g/mol. The molecule has 2 aromatic heterocycles. The maximum Gasteiger partial charge on any atom is 0.236 e. The first-order chi connectivity index (χ1) is 9.28. The molecule has 0 bridgehead atoms. The number of alkyl halides is 1. The van der Waals surface area contributed by atoms with Crippen LogP contribution >= 0.6 is 0 Å². The van der Waals surface area contributed by atoms with Crippen LogP contribution in [0.5, 0.6) is 0 Å². The van der Waals surface area contributed by atoms with E-state index >= 15 is 0 Å². The second-order valence-electron chi connectivity index (χ2n) is 4.30. The maximum atomic E-state index is 12.6. The number of halogens is 1. The van der Waals surface area contributed by atoms with Gasteiger partial charge in [-0.25, -0.2) is 9.37 Å². The molecule has 0 unspecified atom stereocenters. The SMILES string of the molecule is CN(CF)c1ccn2cc(-c3ccccc3)nc2n1. The summed E-state index contributed by atoms with van der Waals surface area (Å²) in [6.45, 7) is -0.574. The first kappa shape index (κ1) is 11.6. The van der Waals surface area contributed by atoms with Crippen molar-refractivity contribution in [2.24, 2.45) is 0 Å². The molecule has 0 radical (unpaired) electrons. The Morgan fingerprint density at radius 2 is 1.95 bits per heavy atom. The van der Waals surface area contributed by atoms with Crippen molar-refractivity contribution in [2.75, 3.05) is 18.7 Å². The summed E-state index contributed by atoms with van der Waals surface area (Å²) in [5.41, 5.74) is 1.89. The van der Waals surface area contributed by atoms with E-state index in [1.54, 1.807) is 13.1 Å². The fraction of sp³-hybridized carbons (Fsp3) is 0.143. The van der Waals surface area contributed by atoms with Crippen molar-refractivity contribution in [3.8, 4) is 11.3 Å². The van der Waals surface area contributed by atoms with Crippen LogP contribution in [-0.4, -0.2) is 28.2 Å². The molecule has 0 fully saturated rings. The fourth-order valence-electron chi connectivity index (χ4n) is 1.88. The largest absolute Gasteiger partial charge is 0.332 e. The first-order valence-corrected chi connectivity index (χ1v) is 5.96. The molecule has 0 amide bonds. The van der Waals surface area contributed by atoms with Crippen LogP contribution in [0.25, 0.3) is 17.0 Å². The zero-order valence-electron chi connectivity index (χ0n) is 10.5. The van der Waals surface area contributed by atoms with Crippen molar-refractivity contribution >= 4 is 11.6 Å². The Labute approximate surface area is 110 Å². The Balaban J connectivity index is 2.06. The molecule has 0 saturated heterocycles. The van der Waals surface area contributed by atoms with Crippen LogP contribution in [0, 0.1) is 0 Å². The normalized spacial score (nSPS) is 10.8. The van der Waals surface area contributed by atoms with Gasteiger partial charge < -0.3 is 4.90 Å². The summed E-state index contributed by atoms with van der Waals surface area (Å²) >= 11 is 0. The Bertz CT molecular complexity index is 693. The minimum atomic E-state index is -0.574. The molecule has 0 N–H and O–H groups in total. The van der Waals surface area contributed by atoms with E-state index in [1.165, 1.54) is 4.90 Å². The van der Waals surface area contributed by atoms with Crippen LogP contribution in [0.2, 0.25) is 0 Å². The summed E-state index contributed by atoms with van der Waals surface area (Å²) in [6.07, 6.45) is 3.75. The van der Waals surface area contributed by atoms with Crippen molar-refractivity contribution < 1.29 is 4.39 Å². The highest BCUT2D eigenvalue weighted by molar-refractivity contribution is 5.61. The zero-order chi connectivity index (χ0) is 13.2. The molecule has 0 aliphatic rings. The van der Waals surface area contributed by atoms with Crippen LogP contribution in [-0.2, 0) is 0 Å². The third-order valence-corrected chi connectivity index (χ3v) is 2.95. The third-order valence-electron chi connectivity index (χ3n) is 2.95. The lowest BCUT2D eigenvalue weighted by Gasteiger charge is -2.12. The van der Waals surface area contributed by atoms with Gasteiger partial charge in [0.05, 0.1) is 5.69 Å². The average molecular weight is 256 g/mol. The van der Waals surface area contributed by atoms with Gasteiger partial charge in [0.15, 0.2) is 6.80 Å². The van der Waals surface area contributed by atoms with Crippen LogP contribution in [0.3, 0.4) is 0 Å². The summed E-state index contributed by atoms with van der Waals surface area (Å²) in [7, 11) is 1.65. The quantitative estimate of drug-likeness (QED) is 0.676. The van der Waals surface area contributed by atoms with Gasteiger partial charge in [-0.3, -0.25) is 4.40 Å². The van der Waals surface area contributed by atoms with Gasteiger partial charge in [0.2, 0.25) is 5.78 Å². The number of rotatable bonds is 3. The predicted octanol–water partition coefficient (Wildman–Crippen LogP) is 2.76. The van der Waals surface area contributed by atoms with Crippen molar-refractivity contribution in [3.05, 3.63) is 48.8 Å². The Morgan fingerprint density at radius 1 is 1.16 bits per heavy atom. The Hall–Kier alpha value is -2.43. The van der Waals surface area contributed by atoms with Gasteiger partial charge in [0.25, 0.3) is 0 Å². The van der Waals surface area contributed by atoms with Crippen molar-refractivity contribution in [2.45, 2.75) is 0 Å². The number of fused-ring (bicyclic) bond motifs is 1. The van der Waals surface area contributed by atoms with E-state index in [-0.39, 0.29) is 0 Å². The van der Waals surface area contributed by atoms with Crippen molar-refractivity contribution in [1.29, 1.82) is 0 Å². The van der Waals surface area contributed by atoms with Gasteiger partial charge in [-0.05, 0) is 6.07 Å². The Morgan fingerprint density at radius 3 is 2.68 bits per heavy atom. The first-order valence-electron chi connectivity index (χ1n) is 5.96. The smallest absolute Gasteiger partial charge is 0.236 e. The number of nitrogens with zero attached hydrogens (tertiary/aromatic N) is 4. The number of aromatic nitrogens is 3. The van der Waals surface area contributed by atoms with E-state index in [4.69, 9.17) is 0 Å². The summed E-state index contributed by atoms with van der Waals surface area (Å²) in [4.78, 5) is 10.2. The molecule has 5 heteroatoms. The second kappa shape index (κ2) is 4.68. The number of anilines is 1. The molecule has 4 nitrogen and oxygen atoms in total. The molecular formula is C14H13FN4. The molecule has 3 rings (SSSR count). The summed E-state index contributed by atoms with van der Waals surface area (Å²) in [5, 5.41) is 0. The minimum Gasteiger partial charge on any atom is -0.332 e. The molecule has 0 saturated carbocycles. The summed E-state index contributed by atoms with van der Waals surface area (Å²) in [5.74, 6) is 1.14. The average Bonchev–Trinajstić information content (AvgIpc) is 2.90. The lowest BCUT2D eigenvalue weighted by molar-refractivity contribution is 0.489. The van der Waals surface area contributed by atoms with E-state index in [0.717, 1.165) is 11.3 Å². The van der Waals surface area contributed by atoms with E-state index in [1.807, 2.05) is 47.1 Å². The van der Waals surface area contributed by atoms with E-state index in [9.17, 15) is 4.39 Å². The van der Waals surface area contributed by atoms with Gasteiger partial charge in [-0.1, -0.05) is 30.3 Å². The highest BCUT2D eigenvalue weighted by Crippen LogP contribution is 2.19. The van der Waals surface area contributed by atoms with Crippen LogP contribution in [0.1, 0.15) is 0 Å². The van der Waals surface area contributed by atoms with Gasteiger partial charge in [-0.15, -0.1) is 0 Å². The van der Waals surface area contributed by atoms with Crippen LogP contribution < -0.4 is 4.90 Å². The van der Waals surface area contributed by atoms with E-state index < -0.39 is 6.80 Å². The predicted molar refractivity (Wildman–Crippen MR) is 72.8 cm³/mol. The number of hydrogen-bond donors (Lipinski definition) is 0. The van der Waals surface area contributed by atoms with E-state index in [2.05, 4.69) is 9.97 Å². The number of hydrogen-bond acceptors (Lipinski definition) is 3. The van der Waals surface area contributed by atoms with Crippen LogP contribution in [0.4, 0.5) is 10.2 Å². The molecule has 2 heterocycles. The molecule has 3 aromatic rings. The molecule has 96 valence electrons. The van der Waals surface area contributed by atoms with Gasteiger partial charge >= 0.3 is 0 Å². The topological polar surface area (TPSA) is 33.4 Å². The standard InChI is InChI=1S/C14H13FN4/c1-18(10-15)13-7-8-19-9-12(16-14(19)17-13)11-5-3-2-4-6-11/h2-9H,10H2,1H3. The van der Waals surface area contributed by atoms with Crippen molar-refractivity contribution in [1.82, 2.24) is 14.4 Å². The Kier molecular flexibility index (Phi) is 2.87. The van der Waals surface area contributed by atoms with Gasteiger partial charge in [-0.2, -0.15) is 4.98 Å². The van der Waals surface area contributed by atoms with Crippen molar-refractivity contribution in [3.63, 3.8) is 0 Å². The molecule has 0 spiro atoms. The molecule has 0 aliphatic heterocycles.